The van der Waals surface area contributed by atoms with Crippen LogP contribution in [0.4, 0.5) is 0 Å². The van der Waals surface area contributed by atoms with Crippen LogP contribution < -0.4 is 11.2 Å². The van der Waals surface area contributed by atoms with E-state index in [0.29, 0.717) is 16.0 Å². The van der Waals surface area contributed by atoms with Crippen LogP contribution in [0.25, 0.3) is 10.2 Å². The molecule has 0 saturated heterocycles. The molecule has 0 spiro atoms. The predicted molar refractivity (Wildman–Crippen MR) is 82.6 cm³/mol. The summed E-state index contributed by atoms with van der Waals surface area (Å²) in [4.78, 5) is 24.4. The van der Waals surface area contributed by atoms with E-state index in [1.54, 1.807) is 13.1 Å². The maximum Gasteiger partial charge on any atom is 0.331 e. The Balaban J connectivity index is 2.72. The molecule has 18 heavy (non-hydrogen) atoms. The Morgan fingerprint density at radius 3 is 2.72 bits per heavy atom. The molecule has 0 aliphatic heterocycles. The minimum atomic E-state index is -0.496. The second kappa shape index (κ2) is 4.79. The number of hydrogen-bond donors (Lipinski definition) is 2. The van der Waals surface area contributed by atoms with Gasteiger partial charge in [-0.2, -0.15) is 25.3 Å². The van der Waals surface area contributed by atoms with E-state index in [1.165, 1.54) is 20.5 Å². The van der Waals surface area contributed by atoms with Crippen LogP contribution in [0, 0.1) is 0 Å². The highest BCUT2D eigenvalue weighted by molar-refractivity contribution is 7.85. The molecule has 2 rings (SSSR count). The van der Waals surface area contributed by atoms with Crippen molar-refractivity contribution in [3.05, 3.63) is 32.3 Å². The maximum absolute atomic E-state index is 12.3. The molecule has 0 radical (unpaired) electrons. The summed E-state index contributed by atoms with van der Waals surface area (Å²) in [7, 11) is 1.67. The summed E-state index contributed by atoms with van der Waals surface area (Å²) in [6.07, 6.45) is 0. The van der Waals surface area contributed by atoms with Gasteiger partial charge in [0.1, 0.15) is 4.70 Å². The van der Waals surface area contributed by atoms with Crippen molar-refractivity contribution in [2.45, 2.75) is 18.2 Å². The number of thiophene rings is 1. The minimum Gasteiger partial charge on any atom is -0.295 e. The highest BCUT2D eigenvalue weighted by Crippen LogP contribution is 2.18. The fourth-order valence-electron chi connectivity index (χ4n) is 1.75. The average Bonchev–Trinajstić information content (AvgIpc) is 2.81. The van der Waals surface area contributed by atoms with Crippen LogP contribution in [-0.2, 0) is 13.6 Å². The molecule has 0 amide bonds. The van der Waals surface area contributed by atoms with Gasteiger partial charge < -0.3 is 0 Å². The molecule has 0 fully saturated rings. The van der Waals surface area contributed by atoms with Gasteiger partial charge >= 0.3 is 5.69 Å². The molecule has 0 bridgehead atoms. The van der Waals surface area contributed by atoms with Gasteiger partial charge in [0.05, 0.1) is 5.52 Å². The highest BCUT2D eigenvalue weighted by atomic mass is 32.1. The Hall–Kier alpha value is -0.660. The SMILES string of the molecule is Cn1c(=O)n(C[C@@](C)(S)CS)c(=O)c2sccc21. The number of nitrogens with zero attached hydrogens (tertiary/aromatic N) is 2. The van der Waals surface area contributed by atoms with Crippen LogP contribution in [0.3, 0.4) is 0 Å². The zero-order valence-electron chi connectivity index (χ0n) is 10.1. The zero-order chi connectivity index (χ0) is 13.5. The molecule has 1 atom stereocenters. The molecule has 0 saturated carbocycles. The van der Waals surface area contributed by atoms with Crippen molar-refractivity contribution >= 4 is 46.8 Å². The first-order chi connectivity index (χ1) is 8.37. The summed E-state index contributed by atoms with van der Waals surface area (Å²) in [5, 5.41) is 1.81. The minimum absolute atomic E-state index is 0.245. The third-order valence-corrected chi connectivity index (χ3v) is 4.94. The van der Waals surface area contributed by atoms with Gasteiger partial charge in [0.25, 0.3) is 5.56 Å². The van der Waals surface area contributed by atoms with Gasteiger partial charge in [-0.05, 0) is 18.4 Å². The lowest BCUT2D eigenvalue weighted by atomic mass is 10.2. The smallest absolute Gasteiger partial charge is 0.295 e. The number of aryl methyl sites for hydroxylation is 1. The molecule has 0 aromatic carbocycles. The summed E-state index contributed by atoms with van der Waals surface area (Å²) in [6, 6.07) is 1.78. The first kappa shape index (κ1) is 13.8. The normalized spacial score (nSPS) is 14.9. The number of rotatable bonds is 3. The second-order valence-corrected chi connectivity index (χ2v) is 6.83. The molecule has 4 nitrogen and oxygen atoms in total. The molecular weight excluding hydrogens is 288 g/mol. The lowest BCUT2D eigenvalue weighted by Crippen LogP contribution is -2.43. The number of aromatic nitrogens is 2. The monoisotopic (exact) mass is 302 g/mol. The summed E-state index contributed by atoms with van der Waals surface area (Å²) in [5.74, 6) is 0.480. The van der Waals surface area contributed by atoms with Crippen LogP contribution in [0.2, 0.25) is 0 Å². The van der Waals surface area contributed by atoms with Crippen molar-refractivity contribution in [1.82, 2.24) is 9.13 Å². The first-order valence-corrected chi connectivity index (χ1v) is 7.33. The molecule has 0 N–H and O–H groups in total. The van der Waals surface area contributed by atoms with Gasteiger partial charge in [-0.15, -0.1) is 11.3 Å². The van der Waals surface area contributed by atoms with Gasteiger partial charge in [0.15, 0.2) is 0 Å². The van der Waals surface area contributed by atoms with E-state index in [2.05, 4.69) is 25.3 Å². The average molecular weight is 302 g/mol. The Morgan fingerprint density at radius 1 is 1.44 bits per heavy atom. The Bertz CT molecular complexity index is 696. The van der Waals surface area contributed by atoms with E-state index >= 15 is 0 Å². The van der Waals surface area contributed by atoms with E-state index < -0.39 is 4.75 Å². The largest absolute Gasteiger partial charge is 0.331 e. The molecular formula is C11H14N2O2S3. The predicted octanol–water partition coefficient (Wildman–Crippen LogP) is 1.38. The van der Waals surface area contributed by atoms with Gasteiger partial charge in [-0.25, -0.2) is 4.79 Å². The fourth-order valence-corrected chi connectivity index (χ4v) is 2.86. The van der Waals surface area contributed by atoms with Crippen molar-refractivity contribution in [3.63, 3.8) is 0 Å². The van der Waals surface area contributed by atoms with Crippen molar-refractivity contribution < 1.29 is 0 Å². The molecule has 2 aromatic rings. The van der Waals surface area contributed by atoms with Crippen LogP contribution >= 0.6 is 36.6 Å². The third-order valence-electron chi connectivity index (χ3n) is 2.80. The summed E-state index contributed by atoms with van der Waals surface area (Å²) in [5.41, 5.74) is 0.121. The zero-order valence-corrected chi connectivity index (χ0v) is 12.7. The van der Waals surface area contributed by atoms with Crippen LogP contribution in [0.5, 0.6) is 0 Å². The van der Waals surface area contributed by atoms with E-state index in [9.17, 15) is 9.59 Å². The van der Waals surface area contributed by atoms with Crippen LogP contribution in [0.15, 0.2) is 21.0 Å². The third kappa shape index (κ3) is 2.26. The molecule has 7 heteroatoms. The number of hydrogen-bond acceptors (Lipinski definition) is 5. The lowest BCUT2D eigenvalue weighted by molar-refractivity contribution is 0.529. The van der Waals surface area contributed by atoms with E-state index in [0.717, 1.165) is 0 Å². The Labute approximate surface area is 119 Å². The highest BCUT2D eigenvalue weighted by Gasteiger charge is 2.21. The van der Waals surface area contributed by atoms with Gasteiger partial charge in [0, 0.05) is 24.1 Å². The second-order valence-electron chi connectivity index (χ2n) is 4.52. The topological polar surface area (TPSA) is 44.0 Å². The quantitative estimate of drug-likeness (QED) is 0.841. The Morgan fingerprint density at radius 2 is 2.11 bits per heavy atom. The van der Waals surface area contributed by atoms with Crippen molar-refractivity contribution in [2.24, 2.45) is 7.05 Å². The molecule has 0 aliphatic rings. The lowest BCUT2D eigenvalue weighted by Gasteiger charge is -2.21. The van der Waals surface area contributed by atoms with Gasteiger partial charge in [0.2, 0.25) is 0 Å². The standard InChI is InChI=1S/C11H14N2O2S3/c1-11(17,6-16)5-13-9(14)8-7(3-4-18-8)12(2)10(13)15/h3-4,16-17H,5-6H2,1-2H3/t11-/m1/s1. The maximum atomic E-state index is 12.3. The van der Waals surface area contributed by atoms with E-state index in [1.807, 2.05) is 12.3 Å². The molecule has 0 aliphatic carbocycles. The van der Waals surface area contributed by atoms with E-state index in [4.69, 9.17) is 0 Å². The van der Waals surface area contributed by atoms with Crippen molar-refractivity contribution in [2.75, 3.05) is 5.75 Å². The van der Waals surface area contributed by atoms with Crippen molar-refractivity contribution in [1.29, 1.82) is 0 Å². The molecule has 2 aromatic heterocycles. The number of fused-ring (bicyclic) bond motifs is 1. The van der Waals surface area contributed by atoms with Crippen LogP contribution in [0.1, 0.15) is 6.92 Å². The Kier molecular flexibility index (Phi) is 3.66. The first-order valence-electron chi connectivity index (χ1n) is 5.37. The molecule has 2 heterocycles. The summed E-state index contributed by atoms with van der Waals surface area (Å²) < 4.78 is 2.84. The molecule has 0 unspecified atom stereocenters. The molecule has 98 valence electrons. The fraction of sp³-hybridized carbons (Fsp3) is 0.455. The summed E-state index contributed by atoms with van der Waals surface area (Å²) >= 11 is 9.96. The summed E-state index contributed by atoms with van der Waals surface area (Å²) in [6.45, 7) is 2.10. The van der Waals surface area contributed by atoms with Crippen molar-refractivity contribution in [3.8, 4) is 0 Å². The number of thiol groups is 2. The van der Waals surface area contributed by atoms with E-state index in [-0.39, 0.29) is 17.8 Å². The van der Waals surface area contributed by atoms with Crippen LogP contribution in [-0.4, -0.2) is 19.6 Å². The van der Waals surface area contributed by atoms with Gasteiger partial charge in [-0.3, -0.25) is 13.9 Å². The van der Waals surface area contributed by atoms with Gasteiger partial charge in [-0.1, -0.05) is 0 Å².